The van der Waals surface area contributed by atoms with E-state index in [0.717, 1.165) is 16.9 Å². The number of carbonyl (C=O) groups excluding carboxylic acids is 1. The zero-order valence-electron chi connectivity index (χ0n) is 16.7. The van der Waals surface area contributed by atoms with Crippen molar-refractivity contribution in [1.82, 2.24) is 9.97 Å². The number of urea groups is 1. The highest BCUT2D eigenvalue weighted by Gasteiger charge is 2.21. The normalized spacial score (nSPS) is 11.3. The molecule has 0 bridgehead atoms. The Balaban J connectivity index is 1.71. The van der Waals surface area contributed by atoms with E-state index in [4.69, 9.17) is 4.74 Å². The number of hydrogen-bond donors (Lipinski definition) is 2. The first-order chi connectivity index (χ1) is 14.3. The number of aryl methyl sites for hydroxylation is 1. The molecule has 8 nitrogen and oxygen atoms in total. The zero-order chi connectivity index (χ0) is 21.7. The average molecular weight is 447 g/mol. The number of anilines is 2. The molecular formula is C20H22N4O4S2. The number of nitrogens with one attached hydrogen (secondary N) is 2. The molecule has 2 amide bonds. The Morgan fingerprint density at radius 2 is 2.00 bits per heavy atom. The molecule has 0 unspecified atom stereocenters. The zero-order valence-corrected chi connectivity index (χ0v) is 18.4. The summed E-state index contributed by atoms with van der Waals surface area (Å²) in [6.07, 6.45) is 3.98. The molecule has 0 aliphatic rings. The molecule has 2 N–H and O–H groups in total. The fourth-order valence-electron chi connectivity index (χ4n) is 2.42. The number of ether oxygens (including phenoxy) is 1. The third-order valence-electron chi connectivity index (χ3n) is 3.87. The van der Waals surface area contributed by atoms with E-state index in [1.807, 2.05) is 32.9 Å². The summed E-state index contributed by atoms with van der Waals surface area (Å²) in [7, 11) is -3.74. The molecule has 0 fully saturated rings. The van der Waals surface area contributed by atoms with Gasteiger partial charge in [0.25, 0.3) is 0 Å². The van der Waals surface area contributed by atoms with Crippen molar-refractivity contribution in [2.45, 2.75) is 29.9 Å². The largest absolute Gasteiger partial charge is 0.491 e. The molecular weight excluding hydrogens is 424 g/mol. The number of hydrogen-bond acceptors (Lipinski definition) is 7. The van der Waals surface area contributed by atoms with Gasteiger partial charge in [0.1, 0.15) is 9.96 Å². The first-order valence-corrected chi connectivity index (χ1v) is 11.5. The first kappa shape index (κ1) is 21.7. The van der Waals surface area contributed by atoms with Gasteiger partial charge in [-0.05, 0) is 42.7 Å². The van der Waals surface area contributed by atoms with Crippen molar-refractivity contribution < 1.29 is 17.9 Å². The van der Waals surface area contributed by atoms with Crippen LogP contribution in [-0.4, -0.2) is 31.0 Å². The topological polar surface area (TPSA) is 110 Å². The lowest BCUT2D eigenvalue weighted by Gasteiger charge is -2.14. The van der Waals surface area contributed by atoms with Crippen LogP contribution < -0.4 is 15.4 Å². The van der Waals surface area contributed by atoms with E-state index in [1.54, 1.807) is 12.1 Å². The summed E-state index contributed by atoms with van der Waals surface area (Å²) >= 11 is 0.864. The van der Waals surface area contributed by atoms with Gasteiger partial charge in [-0.3, -0.25) is 10.3 Å². The molecule has 3 aromatic rings. The van der Waals surface area contributed by atoms with Crippen LogP contribution in [0.4, 0.5) is 15.6 Å². The lowest BCUT2D eigenvalue weighted by molar-refractivity contribution is 0.260. The number of nitrogens with zero attached hydrogens (tertiary/aromatic N) is 2. The second-order valence-electron chi connectivity index (χ2n) is 6.96. The fraction of sp³-hybridized carbons (Fsp3) is 0.250. The lowest BCUT2D eigenvalue weighted by atomic mass is 10.2. The second-order valence-corrected chi connectivity index (χ2v) is 10.2. The van der Waals surface area contributed by atoms with Gasteiger partial charge in [0.05, 0.1) is 23.4 Å². The minimum Gasteiger partial charge on any atom is -0.491 e. The smallest absolute Gasteiger partial charge is 0.325 e. The van der Waals surface area contributed by atoms with Gasteiger partial charge in [-0.1, -0.05) is 31.3 Å². The highest BCUT2D eigenvalue weighted by atomic mass is 32.2. The molecule has 2 aromatic heterocycles. The van der Waals surface area contributed by atoms with E-state index in [-0.39, 0.29) is 14.2 Å². The van der Waals surface area contributed by atoms with Gasteiger partial charge in [-0.15, -0.1) is 0 Å². The average Bonchev–Trinajstić information content (AvgIpc) is 3.18. The van der Waals surface area contributed by atoms with Crippen molar-refractivity contribution in [3.05, 3.63) is 54.5 Å². The van der Waals surface area contributed by atoms with Crippen molar-refractivity contribution in [3.8, 4) is 5.75 Å². The maximum Gasteiger partial charge on any atom is 0.325 e. The number of benzene rings is 1. The number of rotatable bonds is 7. The second kappa shape index (κ2) is 9.23. The van der Waals surface area contributed by atoms with Crippen LogP contribution in [0.25, 0.3) is 0 Å². The molecule has 0 spiro atoms. The molecule has 10 heteroatoms. The summed E-state index contributed by atoms with van der Waals surface area (Å²) in [5.74, 6) is 0.903. The molecule has 0 aliphatic carbocycles. The Hall–Kier alpha value is -2.98. The van der Waals surface area contributed by atoms with Crippen LogP contribution >= 0.6 is 11.3 Å². The van der Waals surface area contributed by atoms with E-state index >= 15 is 0 Å². The maximum atomic E-state index is 12.6. The van der Waals surface area contributed by atoms with E-state index in [9.17, 15) is 13.2 Å². The summed E-state index contributed by atoms with van der Waals surface area (Å²) in [4.78, 5) is 20.3. The summed E-state index contributed by atoms with van der Waals surface area (Å²) < 4.78 is 31.0. The lowest BCUT2D eigenvalue weighted by Crippen LogP contribution is -2.20. The van der Waals surface area contributed by atoms with Crippen molar-refractivity contribution in [3.63, 3.8) is 0 Å². The summed E-state index contributed by atoms with van der Waals surface area (Å²) in [5.41, 5.74) is 1.52. The Kier molecular flexibility index (Phi) is 6.68. The van der Waals surface area contributed by atoms with Crippen LogP contribution in [0.15, 0.2) is 58.0 Å². The Labute approximate surface area is 179 Å². The van der Waals surface area contributed by atoms with Gasteiger partial charge in [0.2, 0.25) is 9.84 Å². The molecule has 0 atom stereocenters. The van der Waals surface area contributed by atoms with Gasteiger partial charge in [-0.25, -0.2) is 18.2 Å². The number of amides is 2. The van der Waals surface area contributed by atoms with Gasteiger partial charge >= 0.3 is 6.03 Å². The summed E-state index contributed by atoms with van der Waals surface area (Å²) in [6, 6.07) is 7.91. The third kappa shape index (κ3) is 5.33. The molecule has 158 valence electrons. The first-order valence-electron chi connectivity index (χ1n) is 9.18. The number of aromatic nitrogens is 2. The van der Waals surface area contributed by atoms with Gasteiger partial charge in [0.15, 0.2) is 5.13 Å². The van der Waals surface area contributed by atoms with Crippen LogP contribution in [0.3, 0.4) is 0 Å². The molecule has 0 aliphatic heterocycles. The minimum absolute atomic E-state index is 0.0158. The monoisotopic (exact) mass is 446 g/mol. The van der Waals surface area contributed by atoms with Crippen LogP contribution in [0, 0.1) is 12.8 Å². The van der Waals surface area contributed by atoms with Gasteiger partial charge in [0, 0.05) is 12.4 Å². The predicted octanol–water partition coefficient (Wildman–Crippen LogP) is 4.36. The number of carbonyl (C=O) groups is 1. The molecule has 1 aromatic carbocycles. The number of sulfone groups is 1. The van der Waals surface area contributed by atoms with Crippen molar-refractivity contribution >= 4 is 38.0 Å². The molecule has 30 heavy (non-hydrogen) atoms. The minimum atomic E-state index is -3.74. The molecule has 0 radical (unpaired) electrons. The standard InChI is InChI=1S/C20H22N4O4S2/c1-13(2)12-28-17-9-14(3)6-7-16(17)23-19(25)24-20-22-11-18(29-20)30(26,27)15-5-4-8-21-10-15/h4-11,13H,12H2,1-3H3,(H2,22,23,24,25). The quantitative estimate of drug-likeness (QED) is 0.558. The van der Waals surface area contributed by atoms with Crippen LogP contribution in [-0.2, 0) is 9.84 Å². The van der Waals surface area contributed by atoms with Crippen molar-refractivity contribution in [2.75, 3.05) is 17.2 Å². The Bertz CT molecular complexity index is 1130. The Morgan fingerprint density at radius 1 is 1.20 bits per heavy atom. The number of pyridine rings is 1. The van der Waals surface area contributed by atoms with E-state index in [1.165, 1.54) is 24.7 Å². The molecule has 2 heterocycles. The van der Waals surface area contributed by atoms with E-state index < -0.39 is 15.9 Å². The van der Waals surface area contributed by atoms with Gasteiger partial charge in [-0.2, -0.15) is 0 Å². The summed E-state index contributed by atoms with van der Waals surface area (Å²) in [5, 5.41) is 5.44. The van der Waals surface area contributed by atoms with Gasteiger partial charge < -0.3 is 10.1 Å². The maximum absolute atomic E-state index is 12.6. The highest BCUT2D eigenvalue weighted by Crippen LogP contribution is 2.29. The predicted molar refractivity (Wildman–Crippen MR) is 116 cm³/mol. The van der Waals surface area contributed by atoms with E-state index in [2.05, 4.69) is 20.6 Å². The van der Waals surface area contributed by atoms with E-state index in [0.29, 0.717) is 24.0 Å². The van der Waals surface area contributed by atoms with Crippen molar-refractivity contribution in [1.29, 1.82) is 0 Å². The third-order valence-corrected chi connectivity index (χ3v) is 6.98. The van der Waals surface area contributed by atoms with Crippen molar-refractivity contribution in [2.24, 2.45) is 5.92 Å². The summed E-state index contributed by atoms with van der Waals surface area (Å²) in [6.45, 7) is 6.53. The molecule has 3 rings (SSSR count). The Morgan fingerprint density at radius 3 is 2.70 bits per heavy atom. The van der Waals surface area contributed by atoms with Crippen LogP contribution in [0.5, 0.6) is 5.75 Å². The number of thiazole rings is 1. The van der Waals surface area contributed by atoms with Crippen LogP contribution in [0.2, 0.25) is 0 Å². The fourth-order valence-corrected chi connectivity index (χ4v) is 4.81. The molecule has 0 saturated heterocycles. The molecule has 0 saturated carbocycles. The SMILES string of the molecule is Cc1ccc(NC(=O)Nc2ncc(S(=O)(=O)c3cccnc3)s2)c(OCC(C)C)c1. The highest BCUT2D eigenvalue weighted by molar-refractivity contribution is 7.93. The van der Waals surface area contributed by atoms with Crippen LogP contribution in [0.1, 0.15) is 19.4 Å².